The molecule has 0 aliphatic heterocycles. The van der Waals surface area contributed by atoms with E-state index in [0.29, 0.717) is 19.3 Å². The Kier molecular flexibility index (Phi) is 60.3. The van der Waals surface area contributed by atoms with Crippen LogP contribution in [0.3, 0.4) is 0 Å². The molecule has 0 bridgehead atoms. The van der Waals surface area contributed by atoms with E-state index >= 15 is 0 Å². The van der Waals surface area contributed by atoms with E-state index in [4.69, 9.17) is 14.2 Å². The molecule has 0 heterocycles. The van der Waals surface area contributed by atoms with Crippen molar-refractivity contribution in [2.24, 2.45) is 0 Å². The molecule has 0 aromatic carbocycles. The van der Waals surface area contributed by atoms with Crippen molar-refractivity contribution in [1.29, 1.82) is 0 Å². The smallest absolute Gasteiger partial charge is 0.306 e. The van der Waals surface area contributed by atoms with Crippen LogP contribution in [-0.4, -0.2) is 37.2 Å². The number of carbonyl (C=O) groups excluding carboxylic acids is 3. The molecule has 6 heteroatoms. The Labute approximate surface area is 470 Å². The lowest BCUT2D eigenvalue weighted by atomic mass is 10.0. The molecule has 1 unspecified atom stereocenters. The summed E-state index contributed by atoms with van der Waals surface area (Å²) in [5.41, 5.74) is 0. The van der Waals surface area contributed by atoms with E-state index in [1.54, 1.807) is 0 Å². The van der Waals surface area contributed by atoms with Crippen LogP contribution in [0, 0.1) is 0 Å². The summed E-state index contributed by atoms with van der Waals surface area (Å²) in [4.78, 5) is 38.2. The maximum absolute atomic E-state index is 12.9. The number of hydrogen-bond donors (Lipinski definition) is 0. The molecule has 434 valence electrons. The topological polar surface area (TPSA) is 78.9 Å². The monoisotopic (exact) mass is 1050 g/mol. The zero-order chi connectivity index (χ0) is 55.0. The fourth-order valence-electron chi connectivity index (χ4n) is 8.72. The number of hydrogen-bond acceptors (Lipinski definition) is 6. The second-order valence-corrected chi connectivity index (χ2v) is 20.9. The van der Waals surface area contributed by atoms with Gasteiger partial charge in [0, 0.05) is 19.3 Å². The molecule has 76 heavy (non-hydrogen) atoms. The summed E-state index contributed by atoms with van der Waals surface area (Å²) in [6, 6.07) is 0. The normalized spacial score (nSPS) is 12.8. The number of rotatable bonds is 57. The summed E-state index contributed by atoms with van der Waals surface area (Å²) in [7, 11) is 0. The maximum atomic E-state index is 12.9. The lowest BCUT2D eigenvalue weighted by Crippen LogP contribution is -2.30. The molecule has 0 spiro atoms. The van der Waals surface area contributed by atoms with Crippen molar-refractivity contribution in [3.8, 4) is 0 Å². The molecule has 1 atom stereocenters. The summed E-state index contributed by atoms with van der Waals surface area (Å²) >= 11 is 0. The number of esters is 3. The van der Waals surface area contributed by atoms with Gasteiger partial charge in [0.2, 0.25) is 0 Å². The van der Waals surface area contributed by atoms with Crippen molar-refractivity contribution >= 4 is 17.9 Å². The zero-order valence-electron chi connectivity index (χ0n) is 49.7. The summed E-state index contributed by atoms with van der Waals surface area (Å²) in [5.74, 6) is -0.971. The van der Waals surface area contributed by atoms with Crippen LogP contribution in [0.2, 0.25) is 0 Å². The zero-order valence-corrected chi connectivity index (χ0v) is 49.7. The molecule has 0 amide bonds. The summed E-state index contributed by atoms with van der Waals surface area (Å²) in [5, 5.41) is 0. The Hall–Kier alpha value is -3.93. The highest BCUT2D eigenvalue weighted by atomic mass is 16.6. The minimum Gasteiger partial charge on any atom is -0.462 e. The van der Waals surface area contributed by atoms with Crippen LogP contribution in [0.5, 0.6) is 0 Å². The Morgan fingerprint density at radius 3 is 0.908 bits per heavy atom. The van der Waals surface area contributed by atoms with Gasteiger partial charge in [-0.15, -0.1) is 0 Å². The Morgan fingerprint density at radius 1 is 0.276 bits per heavy atom. The largest absolute Gasteiger partial charge is 0.462 e. The van der Waals surface area contributed by atoms with Crippen molar-refractivity contribution in [1.82, 2.24) is 0 Å². The molecular formula is C70H118O6. The molecule has 0 N–H and O–H groups in total. The number of allylic oxidation sites excluding steroid dienone is 18. The minimum absolute atomic E-state index is 0.104. The SMILES string of the molecule is CC/C=C\C/C=C\C/C=C\C/C=C\C/C=C\C/C=C\C/C=C\CCCC(=O)OC(COC(=O)CCCCCCC/C=C\CCC)COC(=O)CCCCCCCCCCCCCCC/C=C\CCCCCCCCCC. The van der Waals surface area contributed by atoms with E-state index < -0.39 is 6.10 Å². The third-order valence-corrected chi connectivity index (χ3v) is 13.5. The van der Waals surface area contributed by atoms with Crippen LogP contribution in [0.1, 0.15) is 297 Å². The molecule has 0 aromatic heterocycles. The molecule has 0 rings (SSSR count). The standard InChI is InChI=1S/C70H118O6/c1-4-7-10-13-16-19-22-24-26-28-30-32-34-35-37-38-40-42-44-46-48-51-54-57-60-63-69(72)75-66-67(65-74-68(71)62-59-56-53-50-21-18-15-12-9-6-3)76-70(73)64-61-58-55-52-49-47-45-43-41-39-36-33-31-29-27-25-23-20-17-14-11-8-5-2/h8,11-12,15,17,20,25,27-28,30-31,33,39,41,45,47,52,55,67H,4-7,9-10,13-14,16,18-19,21-24,26,29,32,34-38,40,42-44,46,48-51,53-54,56-66H2,1-3H3/b11-8-,15-12-,20-17-,27-25-,30-28-,33-31-,41-39-,47-45-,55-52-. The predicted octanol–water partition coefficient (Wildman–Crippen LogP) is 21.8. The highest BCUT2D eigenvalue weighted by Crippen LogP contribution is 2.16. The van der Waals surface area contributed by atoms with Gasteiger partial charge in [-0.25, -0.2) is 0 Å². The van der Waals surface area contributed by atoms with E-state index in [-0.39, 0.29) is 37.5 Å². The van der Waals surface area contributed by atoms with Gasteiger partial charge in [0.15, 0.2) is 6.10 Å². The molecule has 0 saturated carbocycles. The molecule has 0 aliphatic rings. The summed E-state index contributed by atoms with van der Waals surface area (Å²) < 4.78 is 16.8. The molecule has 0 fully saturated rings. The van der Waals surface area contributed by atoms with E-state index in [2.05, 4.69) is 130 Å². The fourth-order valence-corrected chi connectivity index (χ4v) is 8.72. The van der Waals surface area contributed by atoms with Crippen molar-refractivity contribution in [3.63, 3.8) is 0 Å². The van der Waals surface area contributed by atoms with E-state index in [1.165, 1.54) is 141 Å². The number of carbonyl (C=O) groups is 3. The van der Waals surface area contributed by atoms with Gasteiger partial charge in [-0.2, -0.15) is 0 Å². The second kappa shape index (κ2) is 63.6. The second-order valence-electron chi connectivity index (χ2n) is 20.9. The van der Waals surface area contributed by atoms with Gasteiger partial charge in [0.05, 0.1) is 0 Å². The highest BCUT2D eigenvalue weighted by molar-refractivity contribution is 5.71. The van der Waals surface area contributed by atoms with Crippen LogP contribution in [0.15, 0.2) is 109 Å². The van der Waals surface area contributed by atoms with Crippen molar-refractivity contribution in [2.75, 3.05) is 13.2 Å². The first-order chi connectivity index (χ1) is 37.5. The van der Waals surface area contributed by atoms with Crippen molar-refractivity contribution in [2.45, 2.75) is 303 Å². The average Bonchev–Trinajstić information content (AvgIpc) is 3.42. The maximum Gasteiger partial charge on any atom is 0.306 e. The molecule has 0 saturated heterocycles. The first-order valence-electron chi connectivity index (χ1n) is 31.9. The van der Waals surface area contributed by atoms with Crippen LogP contribution < -0.4 is 0 Å². The van der Waals surface area contributed by atoms with Crippen LogP contribution in [0.25, 0.3) is 0 Å². The first kappa shape index (κ1) is 72.1. The van der Waals surface area contributed by atoms with Gasteiger partial charge in [0.25, 0.3) is 0 Å². The Balaban J connectivity index is 4.34. The van der Waals surface area contributed by atoms with Crippen LogP contribution >= 0.6 is 0 Å². The Morgan fingerprint density at radius 2 is 0.553 bits per heavy atom. The molecule has 0 aromatic rings. The average molecular weight is 1060 g/mol. The van der Waals surface area contributed by atoms with Gasteiger partial charge < -0.3 is 14.2 Å². The van der Waals surface area contributed by atoms with Crippen LogP contribution in [0.4, 0.5) is 0 Å². The van der Waals surface area contributed by atoms with Gasteiger partial charge in [-0.3, -0.25) is 14.4 Å². The summed E-state index contributed by atoms with van der Waals surface area (Å²) in [6.07, 6.45) is 86.9. The first-order valence-corrected chi connectivity index (χ1v) is 31.9. The molecular weight excluding hydrogens is 937 g/mol. The third-order valence-electron chi connectivity index (χ3n) is 13.5. The Bertz CT molecular complexity index is 1540. The molecule has 6 nitrogen and oxygen atoms in total. The van der Waals surface area contributed by atoms with E-state index in [1.807, 2.05) is 0 Å². The van der Waals surface area contributed by atoms with Crippen molar-refractivity contribution in [3.05, 3.63) is 109 Å². The van der Waals surface area contributed by atoms with E-state index in [9.17, 15) is 14.4 Å². The summed E-state index contributed by atoms with van der Waals surface area (Å²) in [6.45, 7) is 6.43. The fraction of sp³-hybridized carbons (Fsp3) is 0.700. The van der Waals surface area contributed by atoms with Gasteiger partial charge in [-0.05, 0) is 116 Å². The van der Waals surface area contributed by atoms with Gasteiger partial charge in [0.1, 0.15) is 13.2 Å². The van der Waals surface area contributed by atoms with Crippen molar-refractivity contribution < 1.29 is 28.6 Å². The minimum atomic E-state index is -0.814. The highest BCUT2D eigenvalue weighted by Gasteiger charge is 2.19. The van der Waals surface area contributed by atoms with Gasteiger partial charge in [-0.1, -0.05) is 271 Å². The predicted molar refractivity (Wildman–Crippen MR) is 330 cm³/mol. The number of unbranched alkanes of at least 4 members (excludes halogenated alkanes) is 28. The lowest BCUT2D eigenvalue weighted by molar-refractivity contribution is -0.167. The quantitative estimate of drug-likeness (QED) is 0.0261. The lowest BCUT2D eigenvalue weighted by Gasteiger charge is -2.18. The number of ether oxygens (including phenoxy) is 3. The van der Waals surface area contributed by atoms with Gasteiger partial charge >= 0.3 is 17.9 Å². The van der Waals surface area contributed by atoms with Crippen LogP contribution in [-0.2, 0) is 28.6 Å². The third kappa shape index (κ3) is 60.9. The molecule has 0 radical (unpaired) electrons. The van der Waals surface area contributed by atoms with E-state index in [0.717, 1.165) is 109 Å². The molecule has 0 aliphatic carbocycles.